The van der Waals surface area contributed by atoms with Gasteiger partial charge in [-0.1, -0.05) is 99.7 Å². The maximum atomic E-state index is 14.4. The Morgan fingerprint density at radius 3 is 2.10 bits per heavy atom. The minimum atomic E-state index is -0.903. The number of rotatable bonds is 15. The van der Waals surface area contributed by atoms with Gasteiger partial charge in [-0.25, -0.2) is 4.79 Å². The molecule has 2 aromatic rings. The maximum Gasteiger partial charge on any atom is 0.408 e. The first-order chi connectivity index (χ1) is 19.1. The fourth-order valence-electron chi connectivity index (χ4n) is 4.50. The monoisotopic (exact) mass is 551 g/mol. The van der Waals surface area contributed by atoms with Gasteiger partial charge in [-0.3, -0.25) is 9.59 Å². The predicted molar refractivity (Wildman–Crippen MR) is 161 cm³/mol. The Morgan fingerprint density at radius 2 is 1.50 bits per heavy atom. The molecule has 0 saturated carbocycles. The normalized spacial score (nSPS) is 12.8. The van der Waals surface area contributed by atoms with Crippen LogP contribution < -0.4 is 10.6 Å². The summed E-state index contributed by atoms with van der Waals surface area (Å²) >= 11 is 0. The Kier molecular flexibility index (Phi) is 13.7. The molecule has 0 aliphatic heterocycles. The molecule has 0 aliphatic carbocycles. The molecule has 2 aromatic carbocycles. The predicted octanol–water partition coefficient (Wildman–Crippen LogP) is 6.50. The Balaban J connectivity index is 2.49. The molecule has 0 aliphatic rings. The molecule has 0 radical (unpaired) electrons. The van der Waals surface area contributed by atoms with Gasteiger partial charge in [0.25, 0.3) is 0 Å². The highest BCUT2D eigenvalue weighted by Crippen LogP contribution is 2.25. The number of nitrogens with zero attached hydrogens (tertiary/aromatic N) is 1. The van der Waals surface area contributed by atoms with E-state index >= 15 is 0 Å². The Bertz CT molecular complexity index is 1050. The van der Waals surface area contributed by atoms with Crippen LogP contribution in [0.5, 0.6) is 0 Å². The molecule has 0 fully saturated rings. The second kappa shape index (κ2) is 16.7. The van der Waals surface area contributed by atoms with Crippen molar-refractivity contribution in [2.45, 2.75) is 104 Å². The van der Waals surface area contributed by atoms with Gasteiger partial charge in [0, 0.05) is 19.5 Å². The van der Waals surface area contributed by atoms with Crippen LogP contribution in [0.1, 0.15) is 95.9 Å². The third-order valence-corrected chi connectivity index (χ3v) is 6.59. The number of hydrogen-bond acceptors (Lipinski definition) is 4. The lowest BCUT2D eigenvalue weighted by atomic mass is 9.99. The smallest absolute Gasteiger partial charge is 0.408 e. The van der Waals surface area contributed by atoms with Crippen LogP contribution in [0.15, 0.2) is 54.6 Å². The molecule has 7 nitrogen and oxygen atoms in total. The highest BCUT2D eigenvalue weighted by Gasteiger charge is 2.36. The molecule has 220 valence electrons. The standard InChI is InChI=1S/C33H49N3O4/c1-7-9-14-22-34-30(37)29(27-20-18-25(3)19-21-27)36(23-15-10-8-2)31(38)28(24-26-16-12-11-13-17-26)35-32(39)40-33(4,5)6/h11-13,16-21,28-29H,7-10,14-15,22-24H2,1-6H3,(H,34,37)(H,35,39). The third kappa shape index (κ3) is 11.4. The summed E-state index contributed by atoms with van der Waals surface area (Å²) in [6.45, 7) is 12.5. The Labute approximate surface area is 241 Å². The number of alkyl carbamates (subject to hydrolysis) is 1. The quantitative estimate of drug-likeness (QED) is 0.248. The topological polar surface area (TPSA) is 87.7 Å². The first-order valence-corrected chi connectivity index (χ1v) is 14.7. The van der Waals surface area contributed by atoms with E-state index in [0.29, 0.717) is 13.1 Å². The SMILES string of the molecule is CCCCCNC(=O)C(c1ccc(C)cc1)N(CCCCC)C(=O)C(Cc1ccccc1)NC(=O)OC(C)(C)C. The minimum Gasteiger partial charge on any atom is -0.444 e. The van der Waals surface area contributed by atoms with Gasteiger partial charge in [-0.2, -0.15) is 0 Å². The van der Waals surface area contributed by atoms with Gasteiger partial charge in [0.1, 0.15) is 17.7 Å². The number of ether oxygens (including phenoxy) is 1. The third-order valence-electron chi connectivity index (χ3n) is 6.59. The number of carbonyl (C=O) groups excluding carboxylic acids is 3. The molecule has 7 heteroatoms. The zero-order valence-electron chi connectivity index (χ0n) is 25.3. The number of unbranched alkanes of at least 4 members (excludes halogenated alkanes) is 4. The molecule has 0 bridgehead atoms. The van der Waals surface area contributed by atoms with Gasteiger partial charge in [0.15, 0.2) is 0 Å². The number of nitrogens with one attached hydrogen (secondary N) is 2. The Hall–Kier alpha value is -3.35. The second-order valence-electron chi connectivity index (χ2n) is 11.4. The summed E-state index contributed by atoms with van der Waals surface area (Å²) in [6, 6.07) is 15.6. The molecule has 2 rings (SSSR count). The van der Waals surface area contributed by atoms with Crippen LogP contribution in [0, 0.1) is 6.92 Å². The average Bonchev–Trinajstić information content (AvgIpc) is 2.90. The first-order valence-electron chi connectivity index (χ1n) is 14.7. The highest BCUT2D eigenvalue weighted by molar-refractivity contribution is 5.92. The van der Waals surface area contributed by atoms with Crippen LogP contribution in [-0.4, -0.2) is 47.5 Å². The van der Waals surface area contributed by atoms with Crippen molar-refractivity contribution < 1.29 is 19.1 Å². The van der Waals surface area contributed by atoms with E-state index in [2.05, 4.69) is 24.5 Å². The zero-order chi connectivity index (χ0) is 29.5. The summed E-state index contributed by atoms with van der Waals surface area (Å²) in [7, 11) is 0. The molecular formula is C33H49N3O4. The van der Waals surface area contributed by atoms with E-state index in [0.717, 1.165) is 55.2 Å². The molecular weight excluding hydrogens is 502 g/mol. The molecule has 3 amide bonds. The summed E-state index contributed by atoms with van der Waals surface area (Å²) in [6.07, 6.45) is 5.22. The van der Waals surface area contributed by atoms with Crippen LogP contribution in [-0.2, 0) is 20.7 Å². The molecule has 0 aromatic heterocycles. The number of benzene rings is 2. The highest BCUT2D eigenvalue weighted by atomic mass is 16.6. The maximum absolute atomic E-state index is 14.4. The molecule has 0 heterocycles. The van der Waals surface area contributed by atoms with Crippen LogP contribution in [0.2, 0.25) is 0 Å². The van der Waals surface area contributed by atoms with E-state index in [1.54, 1.807) is 25.7 Å². The fraction of sp³-hybridized carbons (Fsp3) is 0.545. The summed E-state index contributed by atoms with van der Waals surface area (Å²) in [5, 5.41) is 5.89. The van der Waals surface area contributed by atoms with E-state index in [-0.39, 0.29) is 18.2 Å². The van der Waals surface area contributed by atoms with Gasteiger partial charge in [-0.15, -0.1) is 0 Å². The summed E-state index contributed by atoms with van der Waals surface area (Å²) in [4.78, 5) is 42.7. The Morgan fingerprint density at radius 1 is 0.875 bits per heavy atom. The van der Waals surface area contributed by atoms with Crippen molar-refractivity contribution in [3.8, 4) is 0 Å². The number of amides is 3. The summed E-state index contributed by atoms with van der Waals surface area (Å²) < 4.78 is 5.52. The van der Waals surface area contributed by atoms with Crippen LogP contribution >= 0.6 is 0 Å². The van der Waals surface area contributed by atoms with Gasteiger partial charge in [0.2, 0.25) is 11.8 Å². The van der Waals surface area contributed by atoms with Crippen LogP contribution in [0.4, 0.5) is 4.79 Å². The van der Waals surface area contributed by atoms with E-state index in [9.17, 15) is 14.4 Å². The molecule has 0 spiro atoms. The molecule has 0 saturated heterocycles. The fourth-order valence-corrected chi connectivity index (χ4v) is 4.50. The molecule has 2 atom stereocenters. The lowest BCUT2D eigenvalue weighted by Gasteiger charge is -2.35. The summed E-state index contributed by atoms with van der Waals surface area (Å²) in [5.41, 5.74) is 2.01. The number of hydrogen-bond donors (Lipinski definition) is 2. The lowest BCUT2D eigenvalue weighted by molar-refractivity contribution is -0.142. The van der Waals surface area contributed by atoms with Crippen molar-refractivity contribution in [2.24, 2.45) is 0 Å². The molecule has 40 heavy (non-hydrogen) atoms. The van der Waals surface area contributed by atoms with E-state index in [1.165, 1.54) is 0 Å². The minimum absolute atomic E-state index is 0.208. The van der Waals surface area contributed by atoms with Gasteiger partial charge >= 0.3 is 6.09 Å². The second-order valence-corrected chi connectivity index (χ2v) is 11.4. The first kappa shape index (κ1) is 32.9. The summed E-state index contributed by atoms with van der Waals surface area (Å²) in [5.74, 6) is -0.513. The molecule has 2 N–H and O–H groups in total. The number of aryl methyl sites for hydroxylation is 1. The average molecular weight is 552 g/mol. The zero-order valence-corrected chi connectivity index (χ0v) is 25.3. The van der Waals surface area contributed by atoms with E-state index < -0.39 is 23.8 Å². The van der Waals surface area contributed by atoms with Crippen LogP contribution in [0.25, 0.3) is 0 Å². The van der Waals surface area contributed by atoms with Gasteiger partial charge in [-0.05, 0) is 51.7 Å². The van der Waals surface area contributed by atoms with Gasteiger partial charge in [0.05, 0.1) is 0 Å². The van der Waals surface area contributed by atoms with Crippen molar-refractivity contribution in [3.63, 3.8) is 0 Å². The van der Waals surface area contributed by atoms with Crippen molar-refractivity contribution in [1.29, 1.82) is 0 Å². The van der Waals surface area contributed by atoms with E-state index in [4.69, 9.17) is 4.74 Å². The van der Waals surface area contributed by atoms with Crippen LogP contribution in [0.3, 0.4) is 0 Å². The van der Waals surface area contributed by atoms with Crippen molar-refractivity contribution in [3.05, 3.63) is 71.3 Å². The van der Waals surface area contributed by atoms with E-state index in [1.807, 2.05) is 61.5 Å². The molecule has 2 unspecified atom stereocenters. The van der Waals surface area contributed by atoms with Crippen molar-refractivity contribution >= 4 is 17.9 Å². The van der Waals surface area contributed by atoms with Crippen molar-refractivity contribution in [1.82, 2.24) is 15.5 Å². The lowest BCUT2D eigenvalue weighted by Crippen LogP contribution is -2.54. The number of carbonyl (C=O) groups is 3. The van der Waals surface area contributed by atoms with Crippen molar-refractivity contribution in [2.75, 3.05) is 13.1 Å². The van der Waals surface area contributed by atoms with Gasteiger partial charge < -0.3 is 20.3 Å². The largest absolute Gasteiger partial charge is 0.444 e.